The number of methoxy groups -OCH3 is 1. The molecule has 3 rings (SSSR count). The molecule has 0 saturated heterocycles. The maximum atomic E-state index is 13.1. The van der Waals surface area contributed by atoms with Gasteiger partial charge in [-0.2, -0.15) is 4.98 Å². The lowest BCUT2D eigenvalue weighted by Gasteiger charge is -2.31. The molecule has 0 spiro atoms. The Bertz CT molecular complexity index is 862. The van der Waals surface area contributed by atoms with Crippen molar-refractivity contribution in [2.75, 3.05) is 14.2 Å². The van der Waals surface area contributed by atoms with Gasteiger partial charge >= 0.3 is 6.01 Å². The number of benzene rings is 1. The van der Waals surface area contributed by atoms with Gasteiger partial charge < -0.3 is 14.4 Å². The van der Waals surface area contributed by atoms with E-state index in [1.165, 1.54) is 0 Å². The lowest BCUT2D eigenvalue weighted by atomic mass is 9.99. The van der Waals surface area contributed by atoms with Crippen LogP contribution in [0.25, 0.3) is 5.69 Å². The Labute approximate surface area is 161 Å². The molecule has 1 amide bonds. The first-order chi connectivity index (χ1) is 12.6. The second-order valence-electron chi connectivity index (χ2n) is 8.22. The summed E-state index contributed by atoms with van der Waals surface area (Å²) in [6, 6.07) is 6.44. The Hall–Kier alpha value is -2.50. The number of fused-ring (bicyclic) bond motifs is 3. The van der Waals surface area contributed by atoms with Gasteiger partial charge in [0.15, 0.2) is 5.69 Å². The first-order valence-electron chi connectivity index (χ1n) is 9.37. The first-order valence-corrected chi connectivity index (χ1v) is 9.37. The van der Waals surface area contributed by atoms with E-state index in [2.05, 4.69) is 4.98 Å². The van der Waals surface area contributed by atoms with E-state index in [-0.39, 0.29) is 17.6 Å². The molecular weight excluding hydrogens is 342 g/mol. The van der Waals surface area contributed by atoms with Gasteiger partial charge in [0.25, 0.3) is 5.91 Å². The summed E-state index contributed by atoms with van der Waals surface area (Å²) in [5.74, 6) is 0.745. The molecule has 1 aromatic carbocycles. The number of aromatic nitrogens is 2. The summed E-state index contributed by atoms with van der Waals surface area (Å²) < 4.78 is 13.3. The van der Waals surface area contributed by atoms with Crippen LogP contribution in [0, 0.1) is 0 Å². The Morgan fingerprint density at radius 3 is 2.56 bits per heavy atom. The maximum Gasteiger partial charge on any atom is 0.302 e. The van der Waals surface area contributed by atoms with Gasteiger partial charge in [0.05, 0.1) is 24.6 Å². The van der Waals surface area contributed by atoms with E-state index < -0.39 is 0 Å². The Kier molecular flexibility index (Phi) is 4.93. The molecule has 0 N–H and O–H groups in total. The summed E-state index contributed by atoms with van der Waals surface area (Å²) >= 11 is 0. The third kappa shape index (κ3) is 3.53. The highest BCUT2D eigenvalue weighted by Gasteiger charge is 2.33. The quantitative estimate of drug-likeness (QED) is 0.823. The van der Waals surface area contributed by atoms with E-state index in [4.69, 9.17) is 9.47 Å². The van der Waals surface area contributed by atoms with E-state index >= 15 is 0 Å². The van der Waals surface area contributed by atoms with Gasteiger partial charge in [-0.25, -0.2) is 0 Å². The summed E-state index contributed by atoms with van der Waals surface area (Å²) in [6.07, 6.45) is 1.52. The predicted octanol–water partition coefficient (Wildman–Crippen LogP) is 3.64. The van der Waals surface area contributed by atoms with Gasteiger partial charge in [0.2, 0.25) is 0 Å². The zero-order valence-electron chi connectivity index (χ0n) is 17.3. The smallest absolute Gasteiger partial charge is 0.302 e. The highest BCUT2D eigenvalue weighted by atomic mass is 16.5. The molecule has 0 aliphatic carbocycles. The minimum atomic E-state index is -0.285. The first kappa shape index (κ1) is 19.3. The normalized spacial score (nSPS) is 13.2. The molecule has 0 saturated carbocycles. The van der Waals surface area contributed by atoms with Crippen molar-refractivity contribution in [2.45, 2.75) is 59.1 Å². The summed E-state index contributed by atoms with van der Waals surface area (Å²) in [5.41, 5.74) is 3.26. The van der Waals surface area contributed by atoms with Crippen LogP contribution in [0.5, 0.6) is 11.8 Å². The number of amides is 1. The van der Waals surface area contributed by atoms with Crippen LogP contribution >= 0.6 is 0 Å². The minimum Gasteiger partial charge on any atom is -0.497 e. The largest absolute Gasteiger partial charge is 0.497 e. The fraction of sp³-hybridized carbons (Fsp3) is 0.524. The molecule has 6 nitrogen and oxygen atoms in total. The van der Waals surface area contributed by atoms with Crippen molar-refractivity contribution >= 4 is 5.91 Å². The molecule has 1 aliphatic rings. The van der Waals surface area contributed by atoms with Crippen molar-refractivity contribution in [1.82, 2.24) is 14.5 Å². The molecule has 0 atom stereocenters. The van der Waals surface area contributed by atoms with Crippen LogP contribution in [0.3, 0.4) is 0 Å². The monoisotopic (exact) mass is 371 g/mol. The topological polar surface area (TPSA) is 56.6 Å². The number of rotatable bonds is 4. The number of imidazole rings is 1. The van der Waals surface area contributed by atoms with Crippen molar-refractivity contribution in [3.05, 3.63) is 35.2 Å². The van der Waals surface area contributed by atoms with Gasteiger partial charge in [0, 0.05) is 12.6 Å². The lowest BCUT2D eigenvalue weighted by Crippen LogP contribution is -2.43. The van der Waals surface area contributed by atoms with Crippen LogP contribution in [0.4, 0.5) is 0 Å². The maximum absolute atomic E-state index is 13.1. The van der Waals surface area contributed by atoms with Crippen LogP contribution in [0.1, 0.15) is 56.4 Å². The Morgan fingerprint density at radius 2 is 1.96 bits per heavy atom. The van der Waals surface area contributed by atoms with E-state index in [1.807, 2.05) is 64.4 Å². The molecule has 0 fully saturated rings. The predicted molar refractivity (Wildman–Crippen MR) is 105 cm³/mol. The van der Waals surface area contributed by atoms with Gasteiger partial charge in [-0.05, 0) is 71.2 Å². The van der Waals surface area contributed by atoms with Crippen LogP contribution in [-0.4, -0.2) is 46.2 Å². The Morgan fingerprint density at radius 1 is 1.26 bits per heavy atom. The third-order valence-corrected chi connectivity index (χ3v) is 4.96. The lowest BCUT2D eigenvalue weighted by molar-refractivity contribution is 0.0648. The number of ether oxygens (including phenoxy) is 2. The van der Waals surface area contributed by atoms with Crippen LogP contribution in [0.15, 0.2) is 18.2 Å². The van der Waals surface area contributed by atoms with Crippen molar-refractivity contribution in [3.63, 3.8) is 0 Å². The van der Waals surface area contributed by atoms with Crippen LogP contribution in [0.2, 0.25) is 0 Å². The minimum absolute atomic E-state index is 0.0385. The molecule has 1 aromatic heterocycles. The molecule has 0 bridgehead atoms. The second kappa shape index (κ2) is 6.91. The average molecular weight is 371 g/mol. The summed E-state index contributed by atoms with van der Waals surface area (Å²) in [6.45, 7) is 9.96. The number of hydrogen-bond donors (Lipinski definition) is 0. The van der Waals surface area contributed by atoms with Crippen molar-refractivity contribution in [1.29, 1.82) is 0 Å². The molecule has 146 valence electrons. The van der Waals surface area contributed by atoms with Gasteiger partial charge in [-0.3, -0.25) is 9.36 Å². The molecule has 0 unspecified atom stereocenters. The highest BCUT2D eigenvalue weighted by molar-refractivity contribution is 5.94. The van der Waals surface area contributed by atoms with Crippen molar-refractivity contribution in [3.8, 4) is 17.4 Å². The molecule has 6 heteroatoms. The van der Waals surface area contributed by atoms with Gasteiger partial charge in [-0.1, -0.05) is 0 Å². The molecule has 2 heterocycles. The molecule has 27 heavy (non-hydrogen) atoms. The fourth-order valence-electron chi connectivity index (χ4n) is 3.20. The summed E-state index contributed by atoms with van der Waals surface area (Å²) in [7, 11) is 3.48. The van der Waals surface area contributed by atoms with E-state index in [9.17, 15) is 4.79 Å². The highest BCUT2D eigenvalue weighted by Crippen LogP contribution is 2.35. The summed E-state index contributed by atoms with van der Waals surface area (Å²) in [5, 5.41) is 0. The van der Waals surface area contributed by atoms with Gasteiger partial charge in [-0.15, -0.1) is 0 Å². The number of carbonyl (C=O) groups excluding carboxylic acids is 1. The number of aryl methyl sites for hydroxylation is 1. The van der Waals surface area contributed by atoms with Crippen LogP contribution < -0.4 is 9.47 Å². The van der Waals surface area contributed by atoms with Gasteiger partial charge in [0.1, 0.15) is 5.75 Å². The van der Waals surface area contributed by atoms with E-state index in [0.29, 0.717) is 11.7 Å². The molecule has 1 aliphatic heterocycles. The van der Waals surface area contributed by atoms with E-state index in [0.717, 1.165) is 35.5 Å². The summed E-state index contributed by atoms with van der Waals surface area (Å²) in [4.78, 5) is 19.5. The average Bonchev–Trinajstić information content (AvgIpc) is 2.97. The number of carbonyl (C=O) groups is 1. The zero-order valence-corrected chi connectivity index (χ0v) is 17.3. The van der Waals surface area contributed by atoms with Crippen LogP contribution in [-0.2, 0) is 12.8 Å². The molecule has 0 radical (unpaired) electrons. The van der Waals surface area contributed by atoms with Crippen molar-refractivity contribution in [2.24, 2.45) is 0 Å². The van der Waals surface area contributed by atoms with Crippen molar-refractivity contribution < 1.29 is 14.3 Å². The fourth-order valence-corrected chi connectivity index (χ4v) is 3.20. The standard InChI is InChI=1S/C21H29N3O3/c1-13(2)27-20-22-18(19(25)23(6)21(3,4)5)17-10-8-14-12-15(26-7)9-11-16(14)24(17)20/h9,11-13H,8,10H2,1-7H3. The zero-order chi connectivity index (χ0) is 19.9. The number of hydrogen-bond acceptors (Lipinski definition) is 4. The second-order valence-corrected chi connectivity index (χ2v) is 8.22. The SMILES string of the molecule is COc1ccc2c(c1)CCc1c(C(=O)N(C)C(C)(C)C)nc(OC(C)C)n1-2. The third-order valence-electron chi connectivity index (χ3n) is 4.96. The molecule has 2 aromatic rings. The number of nitrogens with zero attached hydrogens (tertiary/aromatic N) is 3. The molecular formula is C21H29N3O3. The van der Waals surface area contributed by atoms with E-state index in [1.54, 1.807) is 12.0 Å². The Balaban J connectivity index is 2.15.